The molecular formula is C21H27N7O2. The third-order valence-corrected chi connectivity index (χ3v) is 5.94. The maximum atomic E-state index is 9.76. The lowest BCUT2D eigenvalue weighted by atomic mass is 9.99. The predicted molar refractivity (Wildman–Crippen MR) is 114 cm³/mol. The van der Waals surface area contributed by atoms with Crippen molar-refractivity contribution in [1.29, 1.82) is 0 Å². The molecule has 30 heavy (non-hydrogen) atoms. The molecule has 3 aromatic rings. The van der Waals surface area contributed by atoms with Gasteiger partial charge >= 0.3 is 0 Å². The highest BCUT2D eigenvalue weighted by atomic mass is 16.5. The van der Waals surface area contributed by atoms with E-state index in [2.05, 4.69) is 44.8 Å². The van der Waals surface area contributed by atoms with Crippen LogP contribution in [-0.2, 0) is 19.5 Å². The molecule has 9 nitrogen and oxygen atoms in total. The third kappa shape index (κ3) is 3.71. The Morgan fingerprint density at radius 2 is 2.20 bits per heavy atom. The van der Waals surface area contributed by atoms with Gasteiger partial charge in [-0.05, 0) is 43.1 Å². The Labute approximate surface area is 175 Å². The van der Waals surface area contributed by atoms with Gasteiger partial charge in [0.05, 0.1) is 37.0 Å². The molecule has 2 aromatic heterocycles. The Morgan fingerprint density at radius 3 is 3.00 bits per heavy atom. The highest BCUT2D eigenvalue weighted by Crippen LogP contribution is 2.33. The summed E-state index contributed by atoms with van der Waals surface area (Å²) in [6.45, 7) is 3.25. The standard InChI is InChI=1S/C21H27N7O2/c1-27-4-3-13-6-19(30-2)18(5-14(13)11-27)25-21-23-8-15-9-24-28(20(15)26-21)12-16-7-17(29)10-22-16/h5-6,8-9,16-17,22,29H,3-4,7,10-12H2,1-2H3,(H,23,25,26)/t16-,17+/m0/s1. The fourth-order valence-electron chi connectivity index (χ4n) is 4.32. The van der Waals surface area contributed by atoms with Crippen LogP contribution >= 0.6 is 0 Å². The van der Waals surface area contributed by atoms with Crippen molar-refractivity contribution < 1.29 is 9.84 Å². The Balaban J connectivity index is 1.43. The first-order valence-corrected chi connectivity index (χ1v) is 10.3. The minimum absolute atomic E-state index is 0.187. The fraction of sp³-hybridized carbons (Fsp3) is 0.476. The summed E-state index contributed by atoms with van der Waals surface area (Å²) in [5.41, 5.74) is 4.25. The maximum absolute atomic E-state index is 9.76. The number of aliphatic hydroxyl groups excluding tert-OH is 1. The van der Waals surface area contributed by atoms with E-state index in [-0.39, 0.29) is 12.1 Å². The topological polar surface area (TPSA) is 100 Å². The van der Waals surface area contributed by atoms with E-state index in [1.165, 1.54) is 11.1 Å². The predicted octanol–water partition coefficient (Wildman–Crippen LogP) is 1.29. The summed E-state index contributed by atoms with van der Waals surface area (Å²) in [7, 11) is 3.82. The van der Waals surface area contributed by atoms with Crippen LogP contribution in [-0.4, -0.2) is 69.1 Å². The molecule has 5 rings (SSSR count). The number of rotatable bonds is 5. The highest BCUT2D eigenvalue weighted by molar-refractivity contribution is 5.76. The zero-order valence-corrected chi connectivity index (χ0v) is 17.3. The van der Waals surface area contributed by atoms with Crippen LogP contribution in [0.5, 0.6) is 5.75 Å². The van der Waals surface area contributed by atoms with Crippen molar-refractivity contribution in [3.8, 4) is 5.75 Å². The second-order valence-corrected chi connectivity index (χ2v) is 8.23. The molecule has 0 spiro atoms. The Kier molecular flexibility index (Phi) is 5.01. The number of likely N-dealkylation sites (N-methyl/N-ethyl adjacent to an activating group) is 1. The molecular weight excluding hydrogens is 382 g/mol. The number of methoxy groups -OCH3 is 1. The second-order valence-electron chi connectivity index (χ2n) is 8.23. The van der Waals surface area contributed by atoms with E-state index in [4.69, 9.17) is 9.72 Å². The Morgan fingerprint density at radius 1 is 1.30 bits per heavy atom. The molecule has 2 atom stereocenters. The molecule has 1 saturated heterocycles. The number of hydrogen-bond acceptors (Lipinski definition) is 8. The van der Waals surface area contributed by atoms with Gasteiger partial charge < -0.3 is 25.4 Å². The lowest BCUT2D eigenvalue weighted by Crippen LogP contribution is -2.27. The van der Waals surface area contributed by atoms with Gasteiger partial charge in [0.2, 0.25) is 5.95 Å². The summed E-state index contributed by atoms with van der Waals surface area (Å²) in [5, 5.41) is 21.8. The molecule has 1 aromatic carbocycles. The number of fused-ring (bicyclic) bond motifs is 2. The van der Waals surface area contributed by atoms with Gasteiger partial charge in [0, 0.05) is 31.9 Å². The average molecular weight is 409 g/mol. The van der Waals surface area contributed by atoms with Crippen LogP contribution in [0.2, 0.25) is 0 Å². The van der Waals surface area contributed by atoms with Crippen molar-refractivity contribution in [2.45, 2.75) is 38.1 Å². The summed E-state index contributed by atoms with van der Waals surface area (Å²) >= 11 is 0. The molecule has 1 fully saturated rings. The van der Waals surface area contributed by atoms with Crippen LogP contribution in [0.4, 0.5) is 11.6 Å². The summed E-state index contributed by atoms with van der Waals surface area (Å²) in [6, 6.07) is 4.44. The number of hydrogen-bond donors (Lipinski definition) is 3. The molecule has 2 aliphatic rings. The molecule has 158 valence electrons. The normalized spacial score (nSPS) is 21.7. The van der Waals surface area contributed by atoms with E-state index in [0.29, 0.717) is 19.0 Å². The minimum Gasteiger partial charge on any atom is -0.495 e. The molecule has 0 aliphatic carbocycles. The first-order valence-electron chi connectivity index (χ1n) is 10.3. The zero-order valence-electron chi connectivity index (χ0n) is 17.3. The van der Waals surface area contributed by atoms with E-state index in [1.54, 1.807) is 19.5 Å². The van der Waals surface area contributed by atoms with Gasteiger partial charge in [-0.15, -0.1) is 0 Å². The van der Waals surface area contributed by atoms with E-state index in [9.17, 15) is 5.11 Å². The SMILES string of the molecule is COc1cc2c(cc1Nc1ncc3cnn(C[C@@H]4C[C@@H](O)CN4)c3n1)CN(C)CC2. The first-order chi connectivity index (χ1) is 14.6. The number of ether oxygens (including phenoxy) is 1. The molecule has 0 saturated carbocycles. The fourth-order valence-corrected chi connectivity index (χ4v) is 4.32. The molecule has 3 N–H and O–H groups in total. The number of nitrogens with zero attached hydrogens (tertiary/aromatic N) is 5. The van der Waals surface area contributed by atoms with Gasteiger partial charge in [-0.1, -0.05) is 0 Å². The molecule has 0 unspecified atom stereocenters. The van der Waals surface area contributed by atoms with Crippen molar-refractivity contribution >= 4 is 22.7 Å². The molecule has 0 amide bonds. The van der Waals surface area contributed by atoms with E-state index in [1.807, 2.05) is 4.68 Å². The van der Waals surface area contributed by atoms with Crippen molar-refractivity contribution in [3.05, 3.63) is 35.7 Å². The number of benzene rings is 1. The summed E-state index contributed by atoms with van der Waals surface area (Å²) < 4.78 is 7.50. The third-order valence-electron chi connectivity index (χ3n) is 5.94. The van der Waals surface area contributed by atoms with Gasteiger partial charge in [0.15, 0.2) is 5.65 Å². The average Bonchev–Trinajstić information content (AvgIpc) is 3.33. The maximum Gasteiger partial charge on any atom is 0.229 e. The van der Waals surface area contributed by atoms with Gasteiger partial charge in [-0.2, -0.15) is 10.1 Å². The summed E-state index contributed by atoms with van der Waals surface area (Å²) in [6.07, 6.45) is 5.01. The minimum atomic E-state index is -0.292. The molecule has 2 aliphatic heterocycles. The Hall–Kier alpha value is -2.75. The van der Waals surface area contributed by atoms with Gasteiger partial charge in [0.1, 0.15) is 5.75 Å². The van der Waals surface area contributed by atoms with Crippen molar-refractivity contribution in [3.63, 3.8) is 0 Å². The van der Waals surface area contributed by atoms with Crippen LogP contribution in [0.25, 0.3) is 11.0 Å². The van der Waals surface area contributed by atoms with E-state index in [0.717, 1.165) is 48.4 Å². The van der Waals surface area contributed by atoms with Crippen LogP contribution in [0.3, 0.4) is 0 Å². The smallest absolute Gasteiger partial charge is 0.229 e. The van der Waals surface area contributed by atoms with Gasteiger partial charge in [-0.25, -0.2) is 9.67 Å². The van der Waals surface area contributed by atoms with Crippen molar-refractivity contribution in [1.82, 2.24) is 30.0 Å². The zero-order chi connectivity index (χ0) is 20.7. The second kappa shape index (κ2) is 7.82. The Bertz CT molecular complexity index is 1070. The van der Waals surface area contributed by atoms with E-state index >= 15 is 0 Å². The first kappa shape index (κ1) is 19.2. The molecule has 0 bridgehead atoms. The highest BCUT2D eigenvalue weighted by Gasteiger charge is 2.23. The van der Waals surface area contributed by atoms with Crippen molar-refractivity contribution in [2.24, 2.45) is 0 Å². The monoisotopic (exact) mass is 409 g/mol. The summed E-state index contributed by atoms with van der Waals surface area (Å²) in [5.74, 6) is 1.30. The van der Waals surface area contributed by atoms with Crippen LogP contribution in [0.1, 0.15) is 17.5 Å². The van der Waals surface area contributed by atoms with Gasteiger partial charge in [-0.3, -0.25) is 0 Å². The number of aromatic nitrogens is 4. The lowest BCUT2D eigenvalue weighted by Gasteiger charge is -2.26. The molecule has 9 heteroatoms. The van der Waals surface area contributed by atoms with Crippen LogP contribution < -0.4 is 15.4 Å². The molecule has 0 radical (unpaired) electrons. The van der Waals surface area contributed by atoms with Crippen molar-refractivity contribution in [2.75, 3.05) is 32.6 Å². The quantitative estimate of drug-likeness (QED) is 0.580. The summed E-state index contributed by atoms with van der Waals surface area (Å²) in [4.78, 5) is 11.5. The van der Waals surface area contributed by atoms with Gasteiger partial charge in [0.25, 0.3) is 0 Å². The number of nitrogens with one attached hydrogen (secondary N) is 2. The van der Waals surface area contributed by atoms with Crippen LogP contribution in [0, 0.1) is 0 Å². The van der Waals surface area contributed by atoms with Crippen LogP contribution in [0.15, 0.2) is 24.5 Å². The number of β-amino-alcohol motifs (C(OH)–C–C–N with tert-alkyl or cyclic N) is 1. The lowest BCUT2D eigenvalue weighted by molar-refractivity contribution is 0.192. The van der Waals surface area contributed by atoms with E-state index < -0.39 is 0 Å². The molecule has 4 heterocycles. The number of anilines is 2. The largest absolute Gasteiger partial charge is 0.495 e. The number of aliphatic hydroxyl groups is 1.